The minimum absolute atomic E-state index is 0.0866. The summed E-state index contributed by atoms with van der Waals surface area (Å²) in [7, 11) is 5.54. The second kappa shape index (κ2) is 4.42. The molecule has 1 aromatic rings. The molecule has 2 bridgehead atoms. The molecule has 0 amide bonds. The molecular formula is C20H23NO3. The van der Waals surface area contributed by atoms with Crippen LogP contribution in [0.5, 0.6) is 5.75 Å². The molecule has 0 N–H and O–H groups in total. The van der Waals surface area contributed by atoms with Crippen LogP contribution in [0.3, 0.4) is 0 Å². The van der Waals surface area contributed by atoms with Crippen molar-refractivity contribution in [3.63, 3.8) is 0 Å². The lowest BCUT2D eigenvalue weighted by Crippen LogP contribution is -2.62. The average Bonchev–Trinajstić information content (AvgIpc) is 2.74. The lowest BCUT2D eigenvalue weighted by molar-refractivity contribution is -0.121. The molecule has 126 valence electrons. The van der Waals surface area contributed by atoms with E-state index >= 15 is 0 Å². The summed E-state index contributed by atoms with van der Waals surface area (Å²) in [6.45, 7) is 1.13. The fourth-order valence-electron chi connectivity index (χ4n) is 6.42. The molecule has 1 saturated heterocycles. The smallest absolute Gasteiger partial charge is 0.197 e. The predicted molar refractivity (Wildman–Crippen MR) is 90.1 cm³/mol. The number of carbonyl (C=O) groups excluding carboxylic acids is 1. The van der Waals surface area contributed by atoms with Crippen molar-refractivity contribution < 1.29 is 14.3 Å². The standard InChI is InChI=1S/C20H23NO3/c1-21-11-19-8-12-4-5-13(23-2)6-14(12)20(10-19)9-16(22)17(24-3)7-15(20)18(19)21/h4-7,15,18H,8-11H2,1-3H3. The van der Waals surface area contributed by atoms with Gasteiger partial charge in [-0.3, -0.25) is 4.79 Å². The van der Waals surface area contributed by atoms with Gasteiger partial charge in [0.15, 0.2) is 11.5 Å². The van der Waals surface area contributed by atoms with Crippen molar-refractivity contribution in [3.05, 3.63) is 41.2 Å². The first-order valence-electron chi connectivity index (χ1n) is 8.70. The number of likely N-dealkylation sites (tertiary alicyclic amines) is 1. The van der Waals surface area contributed by atoms with Gasteiger partial charge in [0.2, 0.25) is 0 Å². The highest BCUT2D eigenvalue weighted by atomic mass is 16.5. The van der Waals surface area contributed by atoms with E-state index in [0.29, 0.717) is 29.6 Å². The Bertz CT molecular complexity index is 785. The van der Waals surface area contributed by atoms with Gasteiger partial charge in [-0.1, -0.05) is 6.07 Å². The molecule has 4 nitrogen and oxygen atoms in total. The minimum atomic E-state index is -0.0866. The van der Waals surface area contributed by atoms with E-state index in [1.54, 1.807) is 14.2 Å². The van der Waals surface area contributed by atoms with Crippen molar-refractivity contribution in [2.75, 3.05) is 27.8 Å². The van der Waals surface area contributed by atoms with Crippen molar-refractivity contribution in [1.29, 1.82) is 0 Å². The Morgan fingerprint density at radius 2 is 2.04 bits per heavy atom. The maximum Gasteiger partial charge on any atom is 0.197 e. The Kier molecular flexibility index (Phi) is 2.68. The first kappa shape index (κ1) is 14.5. The zero-order valence-corrected chi connectivity index (χ0v) is 14.5. The highest BCUT2D eigenvalue weighted by molar-refractivity contribution is 5.96. The van der Waals surface area contributed by atoms with Crippen LogP contribution in [0.4, 0.5) is 0 Å². The predicted octanol–water partition coefficient (Wildman–Crippen LogP) is 2.31. The summed E-state index contributed by atoms with van der Waals surface area (Å²) in [5, 5.41) is 0. The third-order valence-electron chi connectivity index (χ3n) is 7.01. The Balaban J connectivity index is 1.75. The highest BCUT2D eigenvalue weighted by Gasteiger charge is 2.70. The van der Waals surface area contributed by atoms with Crippen LogP contribution >= 0.6 is 0 Å². The average molecular weight is 325 g/mol. The van der Waals surface area contributed by atoms with E-state index < -0.39 is 0 Å². The lowest BCUT2D eigenvalue weighted by atomic mass is 9.60. The molecule has 2 spiro atoms. The van der Waals surface area contributed by atoms with Gasteiger partial charge in [-0.2, -0.15) is 0 Å². The van der Waals surface area contributed by atoms with E-state index in [4.69, 9.17) is 9.47 Å². The molecule has 0 radical (unpaired) electrons. The second-order valence-corrected chi connectivity index (χ2v) is 8.12. The van der Waals surface area contributed by atoms with Crippen molar-refractivity contribution in [3.8, 4) is 5.75 Å². The van der Waals surface area contributed by atoms with Crippen molar-refractivity contribution in [2.24, 2.45) is 11.3 Å². The number of methoxy groups -OCH3 is 2. The molecular weight excluding hydrogens is 302 g/mol. The number of allylic oxidation sites excluding steroid dienone is 1. The number of benzene rings is 1. The fourth-order valence-corrected chi connectivity index (χ4v) is 6.42. The molecule has 0 aromatic heterocycles. The summed E-state index contributed by atoms with van der Waals surface area (Å²) < 4.78 is 10.9. The third kappa shape index (κ3) is 1.51. The summed E-state index contributed by atoms with van der Waals surface area (Å²) in [5.74, 6) is 1.93. The summed E-state index contributed by atoms with van der Waals surface area (Å²) in [5.41, 5.74) is 2.97. The monoisotopic (exact) mass is 325 g/mol. The van der Waals surface area contributed by atoms with Crippen LogP contribution in [0.1, 0.15) is 24.0 Å². The number of fused-ring (bicyclic) bond motifs is 2. The molecule has 4 atom stereocenters. The topological polar surface area (TPSA) is 38.8 Å². The Labute approximate surface area is 142 Å². The van der Waals surface area contributed by atoms with E-state index in [2.05, 4.69) is 36.2 Å². The zero-order chi connectivity index (χ0) is 16.7. The summed E-state index contributed by atoms with van der Waals surface area (Å²) >= 11 is 0. The Morgan fingerprint density at radius 1 is 1.21 bits per heavy atom. The van der Waals surface area contributed by atoms with Gasteiger partial charge in [0.25, 0.3) is 0 Å². The molecule has 4 heteroatoms. The van der Waals surface area contributed by atoms with Gasteiger partial charge in [-0.05, 0) is 49.2 Å². The molecule has 4 unspecified atom stereocenters. The van der Waals surface area contributed by atoms with Gasteiger partial charge >= 0.3 is 0 Å². The van der Waals surface area contributed by atoms with Gasteiger partial charge in [-0.15, -0.1) is 0 Å². The molecule has 24 heavy (non-hydrogen) atoms. The maximum atomic E-state index is 12.7. The summed E-state index contributed by atoms with van der Waals surface area (Å²) in [6.07, 6.45) is 4.91. The van der Waals surface area contributed by atoms with E-state index in [-0.39, 0.29) is 11.2 Å². The Morgan fingerprint density at radius 3 is 2.75 bits per heavy atom. The highest BCUT2D eigenvalue weighted by Crippen LogP contribution is 2.68. The third-order valence-corrected chi connectivity index (χ3v) is 7.01. The molecule has 5 rings (SSSR count). The molecule has 1 saturated carbocycles. The number of ether oxygens (including phenoxy) is 2. The number of rotatable bonds is 2. The molecule has 2 fully saturated rings. The number of ketones is 1. The lowest BCUT2D eigenvalue weighted by Gasteiger charge is -2.54. The zero-order valence-electron chi connectivity index (χ0n) is 14.5. The maximum absolute atomic E-state index is 12.7. The van der Waals surface area contributed by atoms with E-state index in [9.17, 15) is 4.79 Å². The van der Waals surface area contributed by atoms with Gasteiger partial charge in [0, 0.05) is 35.8 Å². The van der Waals surface area contributed by atoms with Crippen molar-refractivity contribution in [1.82, 2.24) is 4.90 Å². The van der Waals surface area contributed by atoms with Crippen molar-refractivity contribution in [2.45, 2.75) is 30.7 Å². The van der Waals surface area contributed by atoms with Gasteiger partial charge in [-0.25, -0.2) is 0 Å². The van der Waals surface area contributed by atoms with Gasteiger partial charge in [0.05, 0.1) is 14.2 Å². The normalized spacial score (nSPS) is 39.3. The van der Waals surface area contributed by atoms with Crippen molar-refractivity contribution >= 4 is 5.78 Å². The van der Waals surface area contributed by atoms with Crippen LogP contribution in [0.15, 0.2) is 30.0 Å². The number of hydrogen-bond donors (Lipinski definition) is 0. The summed E-state index contributed by atoms with van der Waals surface area (Å²) in [4.78, 5) is 15.2. The molecule has 1 heterocycles. The van der Waals surface area contributed by atoms with Gasteiger partial charge < -0.3 is 14.4 Å². The van der Waals surface area contributed by atoms with Crippen LogP contribution in [-0.4, -0.2) is 44.5 Å². The number of Topliss-reactive ketones (excluding diaryl/α,β-unsaturated/α-hetero) is 1. The fraction of sp³-hybridized carbons (Fsp3) is 0.550. The van der Waals surface area contributed by atoms with Crippen LogP contribution in [-0.2, 0) is 21.4 Å². The summed E-state index contributed by atoms with van der Waals surface area (Å²) in [6, 6.07) is 6.96. The SMILES string of the molecule is COC1=CC2C3N(C)CC34Cc3ccc(OC)cc3C2(CC1=O)C4. The van der Waals surface area contributed by atoms with E-state index in [1.807, 2.05) is 0 Å². The van der Waals surface area contributed by atoms with Crippen LogP contribution in [0.2, 0.25) is 0 Å². The first-order valence-corrected chi connectivity index (χ1v) is 8.70. The van der Waals surface area contributed by atoms with E-state index in [0.717, 1.165) is 25.1 Å². The van der Waals surface area contributed by atoms with Crippen LogP contribution in [0, 0.1) is 11.3 Å². The minimum Gasteiger partial charge on any atom is -0.497 e. The molecule has 1 aromatic carbocycles. The number of hydrogen-bond acceptors (Lipinski definition) is 4. The Hall–Kier alpha value is -1.81. The van der Waals surface area contributed by atoms with Crippen LogP contribution < -0.4 is 4.74 Å². The molecule has 4 aliphatic rings. The number of nitrogens with zero attached hydrogens (tertiary/aromatic N) is 1. The largest absolute Gasteiger partial charge is 0.497 e. The number of carbonyl (C=O) groups is 1. The quantitative estimate of drug-likeness (QED) is 0.836. The molecule has 1 aliphatic heterocycles. The van der Waals surface area contributed by atoms with Crippen LogP contribution in [0.25, 0.3) is 0 Å². The first-order chi connectivity index (χ1) is 11.5. The second-order valence-electron chi connectivity index (χ2n) is 8.12. The van der Waals surface area contributed by atoms with Gasteiger partial charge in [0.1, 0.15) is 5.75 Å². The molecule has 3 aliphatic carbocycles. The van der Waals surface area contributed by atoms with E-state index in [1.165, 1.54) is 11.1 Å².